The van der Waals surface area contributed by atoms with Gasteiger partial charge in [0, 0.05) is 29.8 Å². The molecule has 0 radical (unpaired) electrons. The van der Waals surface area contributed by atoms with Crippen molar-refractivity contribution < 1.29 is 19.2 Å². The van der Waals surface area contributed by atoms with Crippen molar-refractivity contribution in [1.82, 2.24) is 10.2 Å². The van der Waals surface area contributed by atoms with Gasteiger partial charge < -0.3 is 10.2 Å². The summed E-state index contributed by atoms with van der Waals surface area (Å²) in [7, 11) is 0. The quantitative estimate of drug-likeness (QED) is 0.603. The number of carbonyl (C=O) groups is 4. The number of fused-ring (bicyclic) bond motifs is 1. The van der Waals surface area contributed by atoms with Gasteiger partial charge in [0.1, 0.15) is 12.6 Å². The molecular weight excluding hydrogens is 312 g/mol. The Morgan fingerprint density at radius 1 is 1.38 bits per heavy atom. The number of hydrogen-bond donors (Lipinski definition) is 2. The number of nitrogens with zero attached hydrogens (tertiary/aromatic N) is 2. The van der Waals surface area contributed by atoms with Crippen molar-refractivity contribution in [3.63, 3.8) is 0 Å². The number of amides is 4. The minimum absolute atomic E-state index is 0.0749. The van der Waals surface area contributed by atoms with Gasteiger partial charge in [0.25, 0.3) is 5.91 Å². The Hall–Kier alpha value is -3.03. The van der Waals surface area contributed by atoms with Crippen LogP contribution in [0.2, 0.25) is 0 Å². The summed E-state index contributed by atoms with van der Waals surface area (Å²) in [6.45, 7) is 3.40. The summed E-state index contributed by atoms with van der Waals surface area (Å²) in [6, 6.07) is 4.34. The minimum atomic E-state index is -0.680. The molecule has 1 fully saturated rings. The van der Waals surface area contributed by atoms with Gasteiger partial charge in [0.05, 0.1) is 0 Å². The fourth-order valence-corrected chi connectivity index (χ4v) is 2.99. The second-order valence-corrected chi connectivity index (χ2v) is 5.66. The minimum Gasteiger partial charge on any atom is -0.324 e. The number of imide groups is 1. The maximum Gasteiger partial charge on any atom is 0.255 e. The Labute approximate surface area is 137 Å². The summed E-state index contributed by atoms with van der Waals surface area (Å²) in [5.41, 5.74) is 1.62. The molecule has 8 nitrogen and oxygen atoms in total. The van der Waals surface area contributed by atoms with E-state index in [4.69, 9.17) is 0 Å². The highest BCUT2D eigenvalue weighted by Gasteiger charge is 2.39. The Kier molecular flexibility index (Phi) is 4.11. The standard InChI is InChI=1S/C16H16N4O4/c1-17-7-14(22)18-11-4-2-3-9-10(11)8-20(16(9)24)12-5-6-13(21)19-15(12)23/h2-4,12H,1,5-8H2,(H,18,22)(H,19,21,23). The number of aliphatic imine (C=N–C) groups is 1. The predicted octanol–water partition coefficient (Wildman–Crippen LogP) is 0.0867. The van der Waals surface area contributed by atoms with E-state index in [1.807, 2.05) is 0 Å². The molecule has 1 atom stereocenters. The van der Waals surface area contributed by atoms with Crippen LogP contribution < -0.4 is 10.6 Å². The van der Waals surface area contributed by atoms with E-state index >= 15 is 0 Å². The van der Waals surface area contributed by atoms with Gasteiger partial charge in [-0.2, -0.15) is 0 Å². The van der Waals surface area contributed by atoms with Crippen LogP contribution in [0.1, 0.15) is 28.8 Å². The number of nitrogens with one attached hydrogen (secondary N) is 2. The molecule has 2 heterocycles. The molecule has 0 saturated carbocycles. The molecule has 1 unspecified atom stereocenters. The smallest absolute Gasteiger partial charge is 0.255 e. The molecule has 0 spiro atoms. The lowest BCUT2D eigenvalue weighted by Crippen LogP contribution is -2.52. The van der Waals surface area contributed by atoms with Gasteiger partial charge in [-0.25, -0.2) is 0 Å². The zero-order chi connectivity index (χ0) is 17.3. The number of anilines is 1. The van der Waals surface area contributed by atoms with Crippen LogP contribution >= 0.6 is 0 Å². The summed E-state index contributed by atoms with van der Waals surface area (Å²) in [4.78, 5) is 52.6. The molecule has 0 aromatic heterocycles. The number of benzene rings is 1. The van der Waals surface area contributed by atoms with E-state index in [2.05, 4.69) is 22.3 Å². The lowest BCUT2D eigenvalue weighted by molar-refractivity contribution is -0.137. The normalized spacial score (nSPS) is 19.8. The SMILES string of the molecule is C=NCC(=O)Nc1cccc2c1CN(C1CCC(=O)NC1=O)C2=O. The van der Waals surface area contributed by atoms with E-state index in [1.165, 1.54) is 4.90 Å². The second-order valence-electron chi connectivity index (χ2n) is 5.66. The predicted molar refractivity (Wildman–Crippen MR) is 85.5 cm³/mol. The van der Waals surface area contributed by atoms with E-state index in [1.54, 1.807) is 18.2 Å². The molecule has 3 rings (SSSR count). The molecule has 0 bridgehead atoms. The maximum absolute atomic E-state index is 12.6. The van der Waals surface area contributed by atoms with Crippen molar-refractivity contribution in [1.29, 1.82) is 0 Å². The average molecular weight is 328 g/mol. The average Bonchev–Trinajstić information content (AvgIpc) is 2.86. The van der Waals surface area contributed by atoms with E-state index in [9.17, 15) is 19.2 Å². The van der Waals surface area contributed by atoms with Crippen LogP contribution in [0.15, 0.2) is 23.2 Å². The largest absolute Gasteiger partial charge is 0.324 e. The van der Waals surface area contributed by atoms with E-state index in [0.29, 0.717) is 23.2 Å². The van der Waals surface area contributed by atoms with E-state index < -0.39 is 11.9 Å². The fraction of sp³-hybridized carbons (Fsp3) is 0.312. The van der Waals surface area contributed by atoms with Crippen molar-refractivity contribution in [3.05, 3.63) is 29.3 Å². The van der Waals surface area contributed by atoms with Crippen molar-refractivity contribution >= 4 is 36.0 Å². The van der Waals surface area contributed by atoms with Crippen LogP contribution in [-0.2, 0) is 20.9 Å². The molecule has 2 aliphatic heterocycles. The third kappa shape index (κ3) is 2.78. The van der Waals surface area contributed by atoms with Gasteiger partial charge in [0.2, 0.25) is 17.7 Å². The summed E-state index contributed by atoms with van der Waals surface area (Å²) in [5, 5.41) is 4.96. The van der Waals surface area contributed by atoms with Crippen LogP contribution in [0.5, 0.6) is 0 Å². The molecule has 1 aromatic rings. The number of hydrogen-bond acceptors (Lipinski definition) is 5. The van der Waals surface area contributed by atoms with Crippen molar-refractivity contribution in [2.75, 3.05) is 11.9 Å². The molecule has 2 aliphatic rings. The topological polar surface area (TPSA) is 108 Å². The van der Waals surface area contributed by atoms with Gasteiger partial charge in [0.15, 0.2) is 0 Å². The highest BCUT2D eigenvalue weighted by molar-refractivity contribution is 6.06. The van der Waals surface area contributed by atoms with Crippen LogP contribution in [0.25, 0.3) is 0 Å². The lowest BCUT2D eigenvalue weighted by atomic mass is 10.0. The van der Waals surface area contributed by atoms with Crippen LogP contribution in [-0.4, -0.2) is 47.8 Å². The van der Waals surface area contributed by atoms with Gasteiger partial charge in [-0.15, -0.1) is 0 Å². The summed E-state index contributed by atoms with van der Waals surface area (Å²) < 4.78 is 0. The Morgan fingerprint density at radius 3 is 2.88 bits per heavy atom. The Bertz CT molecular complexity index is 758. The molecule has 4 amide bonds. The Morgan fingerprint density at radius 2 is 2.17 bits per heavy atom. The highest BCUT2D eigenvalue weighted by Crippen LogP contribution is 2.32. The molecule has 24 heavy (non-hydrogen) atoms. The van der Waals surface area contributed by atoms with Gasteiger partial charge in [-0.1, -0.05) is 6.07 Å². The van der Waals surface area contributed by atoms with Gasteiger partial charge in [-0.3, -0.25) is 29.5 Å². The summed E-state index contributed by atoms with van der Waals surface area (Å²) in [5.74, 6) is -1.40. The summed E-state index contributed by atoms with van der Waals surface area (Å²) >= 11 is 0. The number of piperidine rings is 1. The first-order valence-electron chi connectivity index (χ1n) is 7.50. The highest BCUT2D eigenvalue weighted by atomic mass is 16.2. The second kappa shape index (κ2) is 6.23. The monoisotopic (exact) mass is 328 g/mol. The fourth-order valence-electron chi connectivity index (χ4n) is 2.99. The van der Waals surface area contributed by atoms with Crippen LogP contribution in [0.3, 0.4) is 0 Å². The van der Waals surface area contributed by atoms with Crippen molar-refractivity contribution in [3.8, 4) is 0 Å². The van der Waals surface area contributed by atoms with Crippen LogP contribution in [0, 0.1) is 0 Å². The number of rotatable bonds is 4. The third-order valence-corrected chi connectivity index (χ3v) is 4.11. The first-order valence-corrected chi connectivity index (χ1v) is 7.50. The molecular formula is C16H16N4O4. The maximum atomic E-state index is 12.6. The Balaban J connectivity index is 1.84. The molecule has 1 aromatic carbocycles. The lowest BCUT2D eigenvalue weighted by Gasteiger charge is -2.29. The van der Waals surface area contributed by atoms with Gasteiger partial charge in [-0.05, 0) is 25.3 Å². The first kappa shape index (κ1) is 15.9. The van der Waals surface area contributed by atoms with E-state index in [0.717, 1.165) is 0 Å². The van der Waals surface area contributed by atoms with Crippen LogP contribution in [0.4, 0.5) is 5.69 Å². The molecule has 2 N–H and O–H groups in total. The molecule has 1 saturated heterocycles. The molecule has 124 valence electrons. The van der Waals surface area contributed by atoms with Crippen molar-refractivity contribution in [2.45, 2.75) is 25.4 Å². The molecule has 0 aliphatic carbocycles. The summed E-state index contributed by atoms with van der Waals surface area (Å²) in [6.07, 6.45) is 0.498. The third-order valence-electron chi connectivity index (χ3n) is 4.11. The zero-order valence-electron chi connectivity index (χ0n) is 12.9. The van der Waals surface area contributed by atoms with Gasteiger partial charge >= 0.3 is 0 Å². The van der Waals surface area contributed by atoms with E-state index in [-0.39, 0.29) is 37.2 Å². The molecule has 8 heteroatoms. The van der Waals surface area contributed by atoms with Crippen molar-refractivity contribution in [2.24, 2.45) is 4.99 Å². The number of carbonyl (C=O) groups excluding carboxylic acids is 4. The zero-order valence-corrected chi connectivity index (χ0v) is 12.9. The first-order chi connectivity index (χ1) is 11.5.